The Morgan fingerprint density at radius 2 is 1.86 bits per heavy atom. The first kappa shape index (κ1) is 22.5. The summed E-state index contributed by atoms with van der Waals surface area (Å²) in [6.45, 7) is 4.23. The van der Waals surface area contributed by atoms with Gasteiger partial charge < -0.3 is 10.1 Å². The van der Waals surface area contributed by atoms with Gasteiger partial charge in [-0.25, -0.2) is 13.1 Å². The van der Waals surface area contributed by atoms with E-state index in [0.29, 0.717) is 5.75 Å². The Kier molecular flexibility index (Phi) is 7.71. The molecule has 0 aromatic heterocycles. The van der Waals surface area contributed by atoms with Gasteiger partial charge in [-0.05, 0) is 35.7 Å². The Bertz CT molecular complexity index is 962. The first-order valence-corrected chi connectivity index (χ1v) is 10.8. The van der Waals surface area contributed by atoms with Crippen LogP contribution in [0, 0.1) is 5.92 Å². The van der Waals surface area contributed by atoms with Gasteiger partial charge in [-0.15, -0.1) is 0 Å². The Balaban J connectivity index is 2.23. The average Bonchev–Trinajstić information content (AvgIpc) is 2.64. The number of ether oxygens (including phenoxy) is 1. The molecule has 0 aliphatic heterocycles. The van der Waals surface area contributed by atoms with E-state index in [9.17, 15) is 13.2 Å². The Labute approximate surface area is 175 Å². The van der Waals surface area contributed by atoms with E-state index in [-0.39, 0.29) is 39.5 Å². The molecular weight excluding hydrogens is 423 g/mol. The highest BCUT2D eigenvalue weighted by molar-refractivity contribution is 7.89. The quantitative estimate of drug-likeness (QED) is 0.646. The van der Waals surface area contributed by atoms with Crippen molar-refractivity contribution in [1.82, 2.24) is 10.0 Å². The van der Waals surface area contributed by atoms with E-state index < -0.39 is 15.9 Å². The first-order valence-electron chi connectivity index (χ1n) is 8.54. The summed E-state index contributed by atoms with van der Waals surface area (Å²) in [4.78, 5) is 12.4. The molecule has 2 aromatic carbocycles. The molecule has 0 spiro atoms. The van der Waals surface area contributed by atoms with Crippen molar-refractivity contribution in [2.45, 2.75) is 25.3 Å². The lowest BCUT2D eigenvalue weighted by Gasteiger charge is -2.13. The van der Waals surface area contributed by atoms with Gasteiger partial charge in [-0.1, -0.05) is 49.2 Å². The van der Waals surface area contributed by atoms with Crippen LogP contribution in [0.5, 0.6) is 5.75 Å². The van der Waals surface area contributed by atoms with Gasteiger partial charge in [0.15, 0.2) is 0 Å². The molecular formula is C19H22Cl2N2O4S. The lowest BCUT2D eigenvalue weighted by molar-refractivity contribution is 0.0951. The van der Waals surface area contributed by atoms with Gasteiger partial charge in [0.2, 0.25) is 10.0 Å². The molecule has 6 nitrogen and oxygen atoms in total. The summed E-state index contributed by atoms with van der Waals surface area (Å²) in [6, 6.07) is 9.67. The van der Waals surface area contributed by atoms with Crippen LogP contribution in [0.25, 0.3) is 0 Å². The molecule has 0 aliphatic carbocycles. The fourth-order valence-electron chi connectivity index (χ4n) is 2.32. The topological polar surface area (TPSA) is 84.5 Å². The second-order valence-corrected chi connectivity index (χ2v) is 9.09. The van der Waals surface area contributed by atoms with Crippen molar-refractivity contribution in [3.63, 3.8) is 0 Å². The summed E-state index contributed by atoms with van der Waals surface area (Å²) in [5.41, 5.74) is 0.850. The van der Waals surface area contributed by atoms with Crippen molar-refractivity contribution in [2.75, 3.05) is 13.7 Å². The molecule has 0 unspecified atom stereocenters. The van der Waals surface area contributed by atoms with Gasteiger partial charge in [0.25, 0.3) is 5.91 Å². The van der Waals surface area contributed by atoms with Crippen molar-refractivity contribution >= 4 is 39.1 Å². The van der Waals surface area contributed by atoms with Crippen molar-refractivity contribution < 1.29 is 17.9 Å². The minimum absolute atomic E-state index is 0.0267. The zero-order valence-corrected chi connectivity index (χ0v) is 18.1. The van der Waals surface area contributed by atoms with Gasteiger partial charge in [-0.3, -0.25) is 4.79 Å². The standard InChI is InChI=1S/C19H22Cl2N2O4S/c1-12(2)10-23-28(25,26)18-8-15(16(20)9-17(18)21)19(24)22-11-13-5-4-6-14(7-13)27-3/h4-9,12,23H,10-11H2,1-3H3,(H,22,24). The molecule has 0 heterocycles. The maximum atomic E-state index is 12.6. The highest BCUT2D eigenvalue weighted by Gasteiger charge is 2.22. The van der Waals surface area contributed by atoms with Crippen LogP contribution in [0.3, 0.4) is 0 Å². The molecule has 0 fully saturated rings. The monoisotopic (exact) mass is 444 g/mol. The van der Waals surface area contributed by atoms with Crippen LogP contribution >= 0.6 is 23.2 Å². The van der Waals surface area contributed by atoms with E-state index in [4.69, 9.17) is 27.9 Å². The number of hydrogen-bond acceptors (Lipinski definition) is 4. The Hall–Kier alpha value is -1.80. The lowest BCUT2D eigenvalue weighted by atomic mass is 10.2. The molecule has 0 saturated heterocycles. The van der Waals surface area contributed by atoms with Crippen molar-refractivity contribution in [3.05, 3.63) is 57.6 Å². The highest BCUT2D eigenvalue weighted by atomic mass is 35.5. The van der Waals surface area contributed by atoms with Gasteiger partial charge >= 0.3 is 0 Å². The first-order chi connectivity index (χ1) is 13.1. The van der Waals surface area contributed by atoms with Crippen LogP contribution in [0.4, 0.5) is 0 Å². The predicted octanol–water partition coefficient (Wildman–Crippen LogP) is 3.87. The smallest absolute Gasteiger partial charge is 0.253 e. The third kappa shape index (κ3) is 5.85. The lowest BCUT2D eigenvalue weighted by Crippen LogP contribution is -2.28. The number of carbonyl (C=O) groups is 1. The summed E-state index contributed by atoms with van der Waals surface area (Å²) in [5, 5.41) is 2.73. The maximum absolute atomic E-state index is 12.6. The third-order valence-corrected chi connectivity index (χ3v) is 6.03. The highest BCUT2D eigenvalue weighted by Crippen LogP contribution is 2.29. The van der Waals surface area contributed by atoms with Crippen molar-refractivity contribution in [3.8, 4) is 5.75 Å². The third-order valence-electron chi connectivity index (χ3n) is 3.82. The number of amides is 1. The second-order valence-electron chi connectivity index (χ2n) is 6.54. The van der Waals surface area contributed by atoms with Crippen LogP contribution < -0.4 is 14.8 Å². The van der Waals surface area contributed by atoms with E-state index in [0.717, 1.165) is 5.56 Å². The van der Waals surface area contributed by atoms with Crippen molar-refractivity contribution in [1.29, 1.82) is 0 Å². The van der Waals surface area contributed by atoms with E-state index in [1.165, 1.54) is 12.1 Å². The predicted molar refractivity (Wildman–Crippen MR) is 111 cm³/mol. The molecule has 28 heavy (non-hydrogen) atoms. The molecule has 2 N–H and O–H groups in total. The van der Waals surface area contributed by atoms with E-state index >= 15 is 0 Å². The second kappa shape index (κ2) is 9.60. The van der Waals surface area contributed by atoms with E-state index in [2.05, 4.69) is 10.0 Å². The molecule has 0 saturated carbocycles. The van der Waals surface area contributed by atoms with Gasteiger partial charge in [0, 0.05) is 13.1 Å². The van der Waals surface area contributed by atoms with Crippen LogP contribution in [-0.4, -0.2) is 28.0 Å². The summed E-state index contributed by atoms with van der Waals surface area (Å²) in [7, 11) is -2.32. The number of rotatable bonds is 8. The Morgan fingerprint density at radius 1 is 1.14 bits per heavy atom. The largest absolute Gasteiger partial charge is 0.497 e. The minimum Gasteiger partial charge on any atom is -0.497 e. The maximum Gasteiger partial charge on any atom is 0.253 e. The zero-order valence-electron chi connectivity index (χ0n) is 15.8. The summed E-state index contributed by atoms with van der Waals surface area (Å²) in [5.74, 6) is 0.275. The van der Waals surface area contributed by atoms with Crippen LogP contribution in [0.15, 0.2) is 41.3 Å². The minimum atomic E-state index is -3.87. The number of hydrogen-bond donors (Lipinski definition) is 2. The van der Waals surface area contributed by atoms with Crippen LogP contribution in [-0.2, 0) is 16.6 Å². The number of benzene rings is 2. The van der Waals surface area contributed by atoms with Crippen LogP contribution in [0.2, 0.25) is 10.0 Å². The normalized spacial score (nSPS) is 11.5. The number of halogens is 2. The molecule has 0 radical (unpaired) electrons. The molecule has 9 heteroatoms. The van der Waals surface area contributed by atoms with Gasteiger partial charge in [-0.2, -0.15) is 0 Å². The molecule has 0 aliphatic rings. The molecule has 0 bridgehead atoms. The van der Waals surface area contributed by atoms with Gasteiger partial charge in [0.05, 0.1) is 22.7 Å². The SMILES string of the molecule is COc1cccc(CNC(=O)c2cc(S(=O)(=O)NCC(C)C)c(Cl)cc2Cl)c1. The fraction of sp³-hybridized carbons (Fsp3) is 0.316. The average molecular weight is 445 g/mol. The Morgan fingerprint density at radius 3 is 2.50 bits per heavy atom. The fourth-order valence-corrected chi connectivity index (χ4v) is 4.39. The molecule has 2 aromatic rings. The summed E-state index contributed by atoms with van der Waals surface area (Å²) in [6.07, 6.45) is 0. The number of nitrogens with one attached hydrogen (secondary N) is 2. The molecule has 1 amide bonds. The van der Waals surface area contributed by atoms with Gasteiger partial charge in [0.1, 0.15) is 10.6 Å². The molecule has 2 rings (SSSR count). The number of methoxy groups -OCH3 is 1. The molecule has 0 atom stereocenters. The van der Waals surface area contributed by atoms with E-state index in [1.807, 2.05) is 19.9 Å². The van der Waals surface area contributed by atoms with E-state index in [1.54, 1.807) is 25.3 Å². The van der Waals surface area contributed by atoms with Crippen molar-refractivity contribution in [2.24, 2.45) is 5.92 Å². The number of sulfonamides is 1. The number of carbonyl (C=O) groups excluding carboxylic acids is 1. The zero-order chi connectivity index (χ0) is 20.9. The summed E-state index contributed by atoms with van der Waals surface area (Å²) < 4.78 is 32.6. The summed E-state index contributed by atoms with van der Waals surface area (Å²) >= 11 is 12.2. The molecule has 152 valence electrons. The van der Waals surface area contributed by atoms with Crippen LogP contribution in [0.1, 0.15) is 29.8 Å².